The van der Waals surface area contributed by atoms with Crippen molar-refractivity contribution in [2.45, 2.75) is 62.6 Å². The highest BCUT2D eigenvalue weighted by molar-refractivity contribution is 8.14. The van der Waals surface area contributed by atoms with Crippen LogP contribution in [-0.4, -0.2) is 76.9 Å². The van der Waals surface area contributed by atoms with Crippen LogP contribution in [0.25, 0.3) is 0 Å². The van der Waals surface area contributed by atoms with Crippen molar-refractivity contribution < 1.29 is 19.7 Å². The van der Waals surface area contributed by atoms with Crippen LogP contribution in [0.5, 0.6) is 0 Å². The van der Waals surface area contributed by atoms with E-state index in [1.165, 1.54) is 11.8 Å². The molecule has 122 valence electrons. The zero-order valence-electron chi connectivity index (χ0n) is 13.1. The van der Waals surface area contributed by atoms with Gasteiger partial charge in [-0.1, -0.05) is 25.1 Å². The predicted molar refractivity (Wildman–Crippen MR) is 83.5 cm³/mol. The van der Waals surface area contributed by atoms with Crippen LogP contribution >= 0.6 is 11.8 Å². The van der Waals surface area contributed by atoms with E-state index in [1.54, 1.807) is 0 Å². The summed E-state index contributed by atoms with van der Waals surface area (Å²) in [6, 6.07) is -0.415. The molecule has 0 bridgehead atoms. The van der Waals surface area contributed by atoms with Gasteiger partial charge in [0, 0.05) is 20.7 Å². The SMILES string of the molecule is CCCCO[C@@H](C)[C@H]1O[C@@H]2SC(N(C)C)=N[C@@H]2[C@@H](O)[C@@H]1O. The molecule has 6 nitrogen and oxygen atoms in total. The lowest BCUT2D eigenvalue weighted by Gasteiger charge is -2.40. The number of unbranched alkanes of at least 4 members (excludes halogenated alkanes) is 1. The molecule has 0 radical (unpaired) electrons. The van der Waals surface area contributed by atoms with E-state index in [0.717, 1.165) is 18.0 Å². The maximum Gasteiger partial charge on any atom is 0.161 e. The molecule has 0 aromatic rings. The summed E-state index contributed by atoms with van der Waals surface area (Å²) in [5, 5.41) is 21.4. The van der Waals surface area contributed by atoms with Crippen molar-refractivity contribution >= 4 is 16.9 Å². The minimum atomic E-state index is -0.978. The van der Waals surface area contributed by atoms with Crippen molar-refractivity contribution in [2.75, 3.05) is 20.7 Å². The standard InChI is InChI=1S/C14H26N2O4S/c1-5-6-7-19-8(2)12-11(18)10(17)9-13(20-12)21-14(15-9)16(3)4/h8-13,17-18H,5-7H2,1-4H3/t8-,9+,10+,11-,12+,13+/m0/s1. The fraction of sp³-hybridized carbons (Fsp3) is 0.929. The molecule has 1 fully saturated rings. The van der Waals surface area contributed by atoms with Crippen LogP contribution in [0, 0.1) is 0 Å². The summed E-state index contributed by atoms with van der Waals surface area (Å²) < 4.78 is 11.7. The Balaban J connectivity index is 1.99. The highest BCUT2D eigenvalue weighted by Crippen LogP contribution is 2.38. The Morgan fingerprint density at radius 2 is 2.10 bits per heavy atom. The van der Waals surface area contributed by atoms with Gasteiger partial charge in [-0.3, -0.25) is 4.99 Å². The Bertz CT molecular complexity index is 380. The molecule has 0 unspecified atom stereocenters. The summed E-state index contributed by atoms with van der Waals surface area (Å²) in [7, 11) is 3.81. The van der Waals surface area contributed by atoms with Gasteiger partial charge >= 0.3 is 0 Å². The molecule has 6 atom stereocenters. The summed E-state index contributed by atoms with van der Waals surface area (Å²) >= 11 is 1.49. The molecule has 1 saturated heterocycles. The average molecular weight is 318 g/mol. The van der Waals surface area contributed by atoms with E-state index in [-0.39, 0.29) is 11.5 Å². The van der Waals surface area contributed by atoms with E-state index in [2.05, 4.69) is 11.9 Å². The molecule has 0 aromatic carbocycles. The third-order valence-corrected chi connectivity index (χ3v) is 5.12. The zero-order chi connectivity index (χ0) is 15.6. The van der Waals surface area contributed by atoms with Crippen LogP contribution < -0.4 is 0 Å². The monoisotopic (exact) mass is 318 g/mol. The van der Waals surface area contributed by atoms with Crippen molar-refractivity contribution in [3.8, 4) is 0 Å². The number of aliphatic imine (C=N–C) groups is 1. The molecule has 2 rings (SSSR count). The number of amidine groups is 1. The molecular weight excluding hydrogens is 292 g/mol. The van der Waals surface area contributed by atoms with Gasteiger partial charge in [-0.05, 0) is 13.3 Å². The van der Waals surface area contributed by atoms with Gasteiger partial charge in [0.05, 0.1) is 6.10 Å². The topological polar surface area (TPSA) is 74.5 Å². The highest BCUT2D eigenvalue weighted by atomic mass is 32.2. The Labute approximate surface area is 130 Å². The van der Waals surface area contributed by atoms with Crippen LogP contribution in [-0.2, 0) is 9.47 Å². The minimum Gasteiger partial charge on any atom is -0.388 e. The van der Waals surface area contributed by atoms with Crippen LogP contribution in [0.2, 0.25) is 0 Å². The summed E-state index contributed by atoms with van der Waals surface area (Å²) in [5.74, 6) is 0. The van der Waals surface area contributed by atoms with Gasteiger partial charge < -0.3 is 24.6 Å². The quantitative estimate of drug-likeness (QED) is 0.726. The molecule has 21 heavy (non-hydrogen) atoms. The van der Waals surface area contributed by atoms with Gasteiger partial charge in [0.2, 0.25) is 0 Å². The van der Waals surface area contributed by atoms with E-state index in [0.29, 0.717) is 6.61 Å². The second-order valence-corrected chi connectivity index (χ2v) is 6.86. The fourth-order valence-corrected chi connectivity index (χ4v) is 3.63. The molecule has 0 aromatic heterocycles. The van der Waals surface area contributed by atoms with Crippen LogP contribution in [0.4, 0.5) is 0 Å². The van der Waals surface area contributed by atoms with Gasteiger partial charge in [0.15, 0.2) is 5.17 Å². The molecule has 0 saturated carbocycles. The Morgan fingerprint density at radius 3 is 2.71 bits per heavy atom. The third kappa shape index (κ3) is 3.71. The lowest BCUT2D eigenvalue weighted by atomic mass is 9.95. The van der Waals surface area contributed by atoms with Gasteiger partial charge in [0.25, 0.3) is 0 Å². The summed E-state index contributed by atoms with van der Waals surface area (Å²) in [6.45, 7) is 4.62. The molecule has 0 amide bonds. The Morgan fingerprint density at radius 1 is 1.38 bits per heavy atom. The molecule has 2 aliphatic rings. The molecule has 0 spiro atoms. The number of rotatable bonds is 5. The molecule has 2 aliphatic heterocycles. The first-order valence-corrected chi connectivity index (χ1v) is 8.38. The number of nitrogens with zero attached hydrogens (tertiary/aromatic N) is 2. The predicted octanol–water partition coefficient (Wildman–Crippen LogP) is 0.671. The number of thioether (sulfide) groups is 1. The fourth-order valence-electron chi connectivity index (χ4n) is 2.49. The van der Waals surface area contributed by atoms with E-state index in [9.17, 15) is 10.2 Å². The van der Waals surface area contributed by atoms with Crippen molar-refractivity contribution in [1.82, 2.24) is 4.90 Å². The minimum absolute atomic E-state index is 0.258. The van der Waals surface area contributed by atoms with Crippen molar-refractivity contribution in [1.29, 1.82) is 0 Å². The first kappa shape index (κ1) is 17.0. The average Bonchev–Trinajstić information content (AvgIpc) is 2.87. The van der Waals surface area contributed by atoms with Crippen molar-refractivity contribution in [2.24, 2.45) is 4.99 Å². The summed E-state index contributed by atoms with van der Waals surface area (Å²) in [5.41, 5.74) is -0.261. The van der Waals surface area contributed by atoms with Crippen LogP contribution in [0.1, 0.15) is 26.7 Å². The van der Waals surface area contributed by atoms with Crippen molar-refractivity contribution in [3.05, 3.63) is 0 Å². The van der Waals surface area contributed by atoms with E-state index in [1.807, 2.05) is 25.9 Å². The van der Waals surface area contributed by atoms with E-state index >= 15 is 0 Å². The van der Waals surface area contributed by atoms with Gasteiger partial charge in [0.1, 0.15) is 29.8 Å². The smallest absolute Gasteiger partial charge is 0.161 e. The van der Waals surface area contributed by atoms with Gasteiger partial charge in [-0.25, -0.2) is 0 Å². The molecular formula is C14H26N2O4S. The van der Waals surface area contributed by atoms with Crippen LogP contribution in [0.15, 0.2) is 4.99 Å². The number of aliphatic hydroxyl groups is 2. The number of fused-ring (bicyclic) bond motifs is 1. The zero-order valence-corrected chi connectivity index (χ0v) is 13.9. The highest BCUT2D eigenvalue weighted by Gasteiger charge is 2.50. The second-order valence-electron chi connectivity index (χ2n) is 5.79. The Kier molecular flexibility index (Phi) is 5.90. The number of hydrogen-bond acceptors (Lipinski definition) is 7. The van der Waals surface area contributed by atoms with E-state index in [4.69, 9.17) is 9.47 Å². The number of ether oxygens (including phenoxy) is 2. The first-order chi connectivity index (χ1) is 9.95. The molecule has 2 N–H and O–H groups in total. The van der Waals surface area contributed by atoms with Gasteiger partial charge in [-0.2, -0.15) is 0 Å². The molecule has 2 heterocycles. The molecule has 7 heteroatoms. The lowest BCUT2D eigenvalue weighted by Crippen LogP contribution is -2.58. The maximum absolute atomic E-state index is 10.3. The lowest BCUT2D eigenvalue weighted by molar-refractivity contribution is -0.191. The first-order valence-electron chi connectivity index (χ1n) is 7.50. The van der Waals surface area contributed by atoms with Gasteiger partial charge in [-0.15, -0.1) is 0 Å². The largest absolute Gasteiger partial charge is 0.388 e. The second kappa shape index (κ2) is 7.28. The van der Waals surface area contributed by atoms with E-state index < -0.39 is 24.4 Å². The number of aliphatic hydroxyl groups excluding tert-OH is 2. The van der Waals surface area contributed by atoms with Crippen LogP contribution in [0.3, 0.4) is 0 Å². The summed E-state index contributed by atoms with van der Waals surface area (Å²) in [4.78, 5) is 6.33. The maximum atomic E-state index is 10.3. The number of hydrogen-bond donors (Lipinski definition) is 2. The van der Waals surface area contributed by atoms with Crippen molar-refractivity contribution in [3.63, 3.8) is 0 Å². The Hall–Kier alpha value is -0.340. The molecule has 0 aliphatic carbocycles. The summed E-state index contributed by atoms with van der Waals surface area (Å²) in [6.07, 6.45) is -0.646. The third-order valence-electron chi connectivity index (χ3n) is 3.81. The normalized spacial score (nSPS) is 37.0.